The molecule has 0 bridgehead atoms. The molecule has 0 amide bonds. The van der Waals surface area contributed by atoms with E-state index in [2.05, 4.69) is 14.9 Å². The van der Waals surface area contributed by atoms with Gasteiger partial charge in [-0.15, -0.1) is 11.6 Å². The first kappa shape index (κ1) is 10.5. The van der Waals surface area contributed by atoms with Crippen molar-refractivity contribution < 1.29 is 4.74 Å². The molecule has 82 valence electrons. The molecular formula is C10H14ClN3O. The fraction of sp³-hybridized carbons (Fsp3) is 0.600. The number of nitrogens with zero attached hydrogens (tertiary/aromatic N) is 3. The van der Waals surface area contributed by atoms with E-state index < -0.39 is 0 Å². The molecule has 2 rings (SSSR count). The molecule has 1 aromatic rings. The summed E-state index contributed by atoms with van der Waals surface area (Å²) in [5.41, 5.74) is 0. The molecule has 2 heterocycles. The minimum Gasteiger partial charge on any atom is -0.481 e. The van der Waals surface area contributed by atoms with E-state index in [9.17, 15) is 0 Å². The highest BCUT2D eigenvalue weighted by Gasteiger charge is 2.25. The largest absolute Gasteiger partial charge is 0.481 e. The van der Waals surface area contributed by atoms with Crippen molar-refractivity contribution in [1.29, 1.82) is 0 Å². The Morgan fingerprint density at radius 1 is 1.67 bits per heavy atom. The molecule has 1 atom stereocenters. The van der Waals surface area contributed by atoms with Crippen LogP contribution in [0.1, 0.15) is 12.8 Å². The third kappa shape index (κ3) is 2.15. The van der Waals surface area contributed by atoms with Gasteiger partial charge in [-0.25, -0.2) is 4.98 Å². The molecule has 0 aromatic carbocycles. The van der Waals surface area contributed by atoms with E-state index in [1.165, 1.54) is 0 Å². The normalized spacial score (nSPS) is 20.7. The number of aromatic nitrogens is 2. The van der Waals surface area contributed by atoms with Gasteiger partial charge in [-0.3, -0.25) is 0 Å². The lowest BCUT2D eigenvalue weighted by Gasteiger charge is -2.22. The lowest BCUT2D eigenvalue weighted by molar-refractivity contribution is 0.396. The molecule has 0 spiro atoms. The molecule has 15 heavy (non-hydrogen) atoms. The molecule has 0 aliphatic carbocycles. The molecule has 1 aliphatic rings. The summed E-state index contributed by atoms with van der Waals surface area (Å²) >= 11 is 5.90. The fourth-order valence-corrected chi connectivity index (χ4v) is 2.16. The molecule has 1 aliphatic heterocycles. The van der Waals surface area contributed by atoms with Crippen LogP contribution in [0.5, 0.6) is 5.88 Å². The molecule has 1 aromatic heterocycles. The Balaban J connectivity index is 2.20. The molecular weight excluding hydrogens is 214 g/mol. The van der Waals surface area contributed by atoms with Crippen molar-refractivity contribution in [2.45, 2.75) is 18.9 Å². The molecule has 1 saturated heterocycles. The summed E-state index contributed by atoms with van der Waals surface area (Å²) in [6, 6.07) is 2.11. The van der Waals surface area contributed by atoms with E-state index in [4.69, 9.17) is 16.3 Å². The zero-order valence-electron chi connectivity index (χ0n) is 8.69. The predicted molar refractivity (Wildman–Crippen MR) is 59.7 cm³/mol. The van der Waals surface area contributed by atoms with Crippen molar-refractivity contribution in [2.24, 2.45) is 0 Å². The van der Waals surface area contributed by atoms with Crippen LogP contribution in [-0.4, -0.2) is 35.5 Å². The number of hydrogen-bond acceptors (Lipinski definition) is 4. The van der Waals surface area contributed by atoms with Gasteiger partial charge in [0, 0.05) is 30.7 Å². The van der Waals surface area contributed by atoms with Crippen LogP contribution in [0.2, 0.25) is 0 Å². The average Bonchev–Trinajstić information content (AvgIpc) is 2.77. The first-order valence-electron chi connectivity index (χ1n) is 5.05. The van der Waals surface area contributed by atoms with Crippen LogP contribution in [0.3, 0.4) is 0 Å². The maximum Gasteiger partial charge on any atom is 0.228 e. The molecule has 4 nitrogen and oxygen atoms in total. The Kier molecular flexibility index (Phi) is 3.26. The lowest BCUT2D eigenvalue weighted by atomic mass is 10.2. The van der Waals surface area contributed by atoms with Crippen molar-refractivity contribution in [3.05, 3.63) is 12.3 Å². The Morgan fingerprint density at radius 2 is 2.53 bits per heavy atom. The monoisotopic (exact) mass is 227 g/mol. The van der Waals surface area contributed by atoms with Crippen LogP contribution in [0.15, 0.2) is 12.3 Å². The zero-order valence-corrected chi connectivity index (χ0v) is 9.44. The van der Waals surface area contributed by atoms with Gasteiger partial charge in [-0.2, -0.15) is 4.98 Å². The van der Waals surface area contributed by atoms with Crippen LogP contribution in [-0.2, 0) is 0 Å². The average molecular weight is 228 g/mol. The summed E-state index contributed by atoms with van der Waals surface area (Å²) in [7, 11) is 1.61. The van der Waals surface area contributed by atoms with Gasteiger partial charge in [-0.05, 0) is 12.8 Å². The number of anilines is 1. The van der Waals surface area contributed by atoms with E-state index >= 15 is 0 Å². The number of rotatable bonds is 3. The van der Waals surface area contributed by atoms with Crippen LogP contribution in [0, 0.1) is 0 Å². The van der Waals surface area contributed by atoms with Gasteiger partial charge in [0.25, 0.3) is 0 Å². The van der Waals surface area contributed by atoms with Crippen LogP contribution in [0.4, 0.5) is 5.95 Å². The quantitative estimate of drug-likeness (QED) is 0.737. The number of methoxy groups -OCH3 is 1. The van der Waals surface area contributed by atoms with Gasteiger partial charge in [0.2, 0.25) is 11.8 Å². The van der Waals surface area contributed by atoms with Crippen molar-refractivity contribution in [1.82, 2.24) is 9.97 Å². The molecule has 0 radical (unpaired) electrons. The van der Waals surface area contributed by atoms with E-state index in [-0.39, 0.29) is 0 Å². The van der Waals surface area contributed by atoms with Gasteiger partial charge >= 0.3 is 0 Å². The minimum absolute atomic E-state index is 0.360. The SMILES string of the molecule is COc1ccnc(N2CCCC2CCl)n1. The van der Waals surface area contributed by atoms with Gasteiger partial charge in [0.05, 0.1) is 7.11 Å². The van der Waals surface area contributed by atoms with Crippen molar-refractivity contribution in [3.63, 3.8) is 0 Å². The van der Waals surface area contributed by atoms with Crippen molar-refractivity contribution in [2.75, 3.05) is 24.4 Å². The van der Waals surface area contributed by atoms with Crippen molar-refractivity contribution in [3.8, 4) is 5.88 Å². The maximum absolute atomic E-state index is 5.90. The van der Waals surface area contributed by atoms with Gasteiger partial charge in [0.15, 0.2) is 0 Å². The maximum atomic E-state index is 5.90. The Hall–Kier alpha value is -1.03. The van der Waals surface area contributed by atoms with Gasteiger partial charge < -0.3 is 9.64 Å². The summed E-state index contributed by atoms with van der Waals surface area (Å²) in [6.07, 6.45) is 3.98. The summed E-state index contributed by atoms with van der Waals surface area (Å²) in [5.74, 6) is 1.94. The lowest BCUT2D eigenvalue weighted by Crippen LogP contribution is -2.31. The van der Waals surface area contributed by atoms with E-state index in [1.54, 1.807) is 19.4 Å². The number of hydrogen-bond donors (Lipinski definition) is 0. The fourth-order valence-electron chi connectivity index (χ4n) is 1.84. The summed E-state index contributed by atoms with van der Waals surface area (Å²) in [4.78, 5) is 10.7. The highest BCUT2D eigenvalue weighted by atomic mass is 35.5. The first-order valence-corrected chi connectivity index (χ1v) is 5.58. The number of ether oxygens (including phenoxy) is 1. The smallest absolute Gasteiger partial charge is 0.228 e. The summed E-state index contributed by atoms with van der Waals surface area (Å²) in [6.45, 7) is 0.977. The highest BCUT2D eigenvalue weighted by Crippen LogP contribution is 2.23. The molecule has 0 N–H and O–H groups in total. The topological polar surface area (TPSA) is 38.2 Å². The van der Waals surface area contributed by atoms with E-state index in [0.29, 0.717) is 17.8 Å². The van der Waals surface area contributed by atoms with Crippen LogP contribution >= 0.6 is 11.6 Å². The standard InChI is InChI=1S/C10H14ClN3O/c1-15-9-4-5-12-10(13-9)14-6-2-3-8(14)7-11/h4-5,8H,2-3,6-7H2,1H3. The van der Waals surface area contributed by atoms with Gasteiger partial charge in [0.1, 0.15) is 0 Å². The summed E-state index contributed by atoms with van der Waals surface area (Å²) < 4.78 is 5.07. The third-order valence-electron chi connectivity index (χ3n) is 2.64. The minimum atomic E-state index is 0.360. The second-order valence-corrected chi connectivity index (χ2v) is 3.85. The molecule has 5 heteroatoms. The van der Waals surface area contributed by atoms with Gasteiger partial charge in [-0.1, -0.05) is 0 Å². The number of halogens is 1. The zero-order chi connectivity index (χ0) is 10.7. The Morgan fingerprint density at radius 3 is 3.27 bits per heavy atom. The highest BCUT2D eigenvalue weighted by molar-refractivity contribution is 6.18. The van der Waals surface area contributed by atoms with Crippen molar-refractivity contribution >= 4 is 17.5 Å². The first-order chi connectivity index (χ1) is 7.35. The molecule has 1 unspecified atom stereocenters. The second kappa shape index (κ2) is 4.66. The Bertz CT molecular complexity index is 334. The van der Waals surface area contributed by atoms with Crippen LogP contribution in [0.25, 0.3) is 0 Å². The number of alkyl halides is 1. The summed E-state index contributed by atoms with van der Waals surface area (Å²) in [5, 5.41) is 0. The van der Waals surface area contributed by atoms with E-state index in [1.807, 2.05) is 0 Å². The molecule has 1 fully saturated rings. The second-order valence-electron chi connectivity index (χ2n) is 3.54. The van der Waals surface area contributed by atoms with Crippen LogP contribution < -0.4 is 9.64 Å². The third-order valence-corrected chi connectivity index (χ3v) is 2.99. The predicted octanol–water partition coefficient (Wildman–Crippen LogP) is 1.69. The molecule has 0 saturated carbocycles. The Labute approximate surface area is 94.2 Å². The van der Waals surface area contributed by atoms with E-state index in [0.717, 1.165) is 25.3 Å².